The van der Waals surface area contributed by atoms with E-state index in [2.05, 4.69) is 15.3 Å². The number of hydrogen-bond donors (Lipinski definition) is 1. The molecule has 2 rings (SSSR count). The van der Waals surface area contributed by atoms with E-state index in [1.54, 1.807) is 19.1 Å². The molecule has 0 aliphatic heterocycles. The van der Waals surface area contributed by atoms with Crippen LogP contribution in [0, 0.1) is 6.92 Å². The average molecular weight is 328 g/mol. The summed E-state index contributed by atoms with van der Waals surface area (Å²) in [5.41, 5.74) is 1.41. The van der Waals surface area contributed by atoms with Crippen molar-refractivity contribution in [1.82, 2.24) is 9.97 Å². The van der Waals surface area contributed by atoms with E-state index in [1.165, 1.54) is 19.5 Å². The minimum Gasteiger partial charge on any atom is -0.496 e. The Morgan fingerprint density at radius 3 is 2.68 bits per heavy atom. The summed E-state index contributed by atoms with van der Waals surface area (Å²) in [7, 11) is 1.47. The highest BCUT2D eigenvalue weighted by molar-refractivity contribution is 6.29. The molecule has 0 amide bonds. The summed E-state index contributed by atoms with van der Waals surface area (Å²) in [4.78, 5) is 7.83. The van der Waals surface area contributed by atoms with Crippen LogP contribution in [0.1, 0.15) is 23.1 Å². The van der Waals surface area contributed by atoms with E-state index in [4.69, 9.17) is 16.3 Å². The Bertz CT molecular complexity index is 653. The number of nitrogens with zero attached hydrogens (tertiary/aromatic N) is 2. The largest absolute Gasteiger partial charge is 0.496 e. The first kappa shape index (κ1) is 16.4. The summed E-state index contributed by atoms with van der Waals surface area (Å²) in [5.74, 6) is 1.07. The molecule has 0 aliphatic rings. The van der Waals surface area contributed by atoms with Crippen molar-refractivity contribution in [1.29, 1.82) is 0 Å². The molecule has 7 heteroatoms. The lowest BCUT2D eigenvalue weighted by atomic mass is 10.0. The van der Waals surface area contributed by atoms with Crippen molar-refractivity contribution in [2.45, 2.75) is 19.8 Å². The summed E-state index contributed by atoms with van der Waals surface area (Å²) in [6.07, 6.45) is -0.536. The van der Waals surface area contributed by atoms with Crippen molar-refractivity contribution >= 4 is 17.4 Å². The molecule has 0 unspecified atom stereocenters. The van der Waals surface area contributed by atoms with Crippen LogP contribution in [0.3, 0.4) is 0 Å². The lowest BCUT2D eigenvalue weighted by molar-refractivity contribution is 0.150. The number of halogens is 3. The molecule has 1 N–H and O–H groups in total. The minimum absolute atomic E-state index is 0.00357. The molecule has 0 saturated heterocycles. The van der Waals surface area contributed by atoms with Crippen LogP contribution >= 0.6 is 11.6 Å². The Morgan fingerprint density at radius 2 is 2.05 bits per heavy atom. The van der Waals surface area contributed by atoms with Crippen LogP contribution in [0.25, 0.3) is 0 Å². The predicted octanol–water partition coefficient (Wildman–Crippen LogP) is 4.04. The second-order valence-electron chi connectivity index (χ2n) is 4.72. The van der Waals surface area contributed by atoms with Crippen molar-refractivity contribution < 1.29 is 13.5 Å². The number of benzene rings is 1. The zero-order valence-electron chi connectivity index (χ0n) is 12.2. The van der Waals surface area contributed by atoms with Gasteiger partial charge in [-0.3, -0.25) is 0 Å². The molecule has 0 saturated carbocycles. The van der Waals surface area contributed by atoms with Gasteiger partial charge in [-0.2, -0.15) is 0 Å². The fourth-order valence-electron chi connectivity index (χ4n) is 2.14. The Morgan fingerprint density at radius 1 is 1.27 bits per heavy atom. The quantitative estimate of drug-likeness (QED) is 0.813. The van der Waals surface area contributed by atoms with Gasteiger partial charge in [0.1, 0.15) is 23.0 Å². The number of anilines is 1. The maximum absolute atomic E-state index is 12.9. The third-order valence-corrected chi connectivity index (χ3v) is 3.45. The van der Waals surface area contributed by atoms with Gasteiger partial charge in [-0.05, 0) is 30.5 Å². The number of aromatic nitrogens is 2. The minimum atomic E-state index is -2.51. The standard InChI is InChI=1S/C15H16ClF2N3O/c1-9-5-10(12(22-2)6-11(9)15(17)18)3-4-19-14-7-13(16)20-8-21-14/h5-8,15H,3-4H2,1-2H3,(H,19,20,21). The Kier molecular flexibility index (Phi) is 5.49. The van der Waals surface area contributed by atoms with Gasteiger partial charge in [0, 0.05) is 18.2 Å². The van der Waals surface area contributed by atoms with E-state index < -0.39 is 6.43 Å². The molecule has 0 radical (unpaired) electrons. The maximum Gasteiger partial charge on any atom is 0.264 e. The summed E-state index contributed by atoms with van der Waals surface area (Å²) >= 11 is 5.77. The van der Waals surface area contributed by atoms with Crippen LogP contribution in [-0.4, -0.2) is 23.6 Å². The maximum atomic E-state index is 12.9. The van der Waals surface area contributed by atoms with Gasteiger partial charge in [0.2, 0.25) is 0 Å². The fourth-order valence-corrected chi connectivity index (χ4v) is 2.29. The van der Waals surface area contributed by atoms with Gasteiger partial charge in [-0.1, -0.05) is 17.7 Å². The van der Waals surface area contributed by atoms with Crippen LogP contribution in [-0.2, 0) is 6.42 Å². The molecule has 0 aliphatic carbocycles. The van der Waals surface area contributed by atoms with E-state index in [-0.39, 0.29) is 5.56 Å². The molecule has 4 nitrogen and oxygen atoms in total. The molecule has 22 heavy (non-hydrogen) atoms. The molecule has 1 aromatic carbocycles. The number of alkyl halides is 2. The molecule has 0 atom stereocenters. The smallest absolute Gasteiger partial charge is 0.264 e. The second kappa shape index (κ2) is 7.35. The van der Waals surface area contributed by atoms with Crippen molar-refractivity contribution in [2.75, 3.05) is 19.0 Å². The first-order valence-corrected chi connectivity index (χ1v) is 7.06. The van der Waals surface area contributed by atoms with Crippen LogP contribution in [0.4, 0.5) is 14.6 Å². The Labute approximate surface area is 132 Å². The van der Waals surface area contributed by atoms with Gasteiger partial charge < -0.3 is 10.1 Å². The molecular weight excluding hydrogens is 312 g/mol. The van der Waals surface area contributed by atoms with Crippen LogP contribution in [0.15, 0.2) is 24.5 Å². The van der Waals surface area contributed by atoms with E-state index in [1.807, 2.05) is 0 Å². The van der Waals surface area contributed by atoms with Crippen LogP contribution in [0.2, 0.25) is 5.15 Å². The second-order valence-corrected chi connectivity index (χ2v) is 5.11. The Balaban J connectivity index is 2.07. The van der Waals surface area contributed by atoms with Gasteiger partial charge in [-0.25, -0.2) is 18.7 Å². The van der Waals surface area contributed by atoms with Gasteiger partial charge in [0.25, 0.3) is 6.43 Å². The Hall–Kier alpha value is -1.95. The highest BCUT2D eigenvalue weighted by Gasteiger charge is 2.15. The number of hydrogen-bond acceptors (Lipinski definition) is 4. The van der Waals surface area contributed by atoms with Crippen molar-refractivity contribution in [3.63, 3.8) is 0 Å². The van der Waals surface area contributed by atoms with Crippen LogP contribution < -0.4 is 10.1 Å². The number of aryl methyl sites for hydroxylation is 1. The predicted molar refractivity (Wildman–Crippen MR) is 81.9 cm³/mol. The lowest BCUT2D eigenvalue weighted by Gasteiger charge is -2.14. The number of methoxy groups -OCH3 is 1. The zero-order chi connectivity index (χ0) is 16.1. The molecular formula is C15H16ClF2N3O. The third-order valence-electron chi connectivity index (χ3n) is 3.24. The van der Waals surface area contributed by atoms with E-state index in [0.717, 1.165) is 5.56 Å². The SMILES string of the molecule is COc1cc(C(F)F)c(C)cc1CCNc1cc(Cl)ncn1. The molecule has 0 fully saturated rings. The third kappa shape index (κ3) is 4.04. The van der Waals surface area contributed by atoms with E-state index in [0.29, 0.717) is 35.2 Å². The first-order valence-electron chi connectivity index (χ1n) is 6.68. The van der Waals surface area contributed by atoms with Gasteiger partial charge >= 0.3 is 0 Å². The highest BCUT2D eigenvalue weighted by Crippen LogP contribution is 2.30. The molecule has 1 aromatic heterocycles. The summed E-state index contributed by atoms with van der Waals surface area (Å²) < 4.78 is 31.0. The number of nitrogens with one attached hydrogen (secondary N) is 1. The van der Waals surface area contributed by atoms with Crippen molar-refractivity contribution in [3.8, 4) is 5.75 Å². The van der Waals surface area contributed by atoms with Gasteiger partial charge in [0.05, 0.1) is 7.11 Å². The first-order chi connectivity index (χ1) is 10.5. The zero-order valence-corrected chi connectivity index (χ0v) is 13.0. The van der Waals surface area contributed by atoms with Crippen molar-refractivity contribution in [3.05, 3.63) is 46.4 Å². The molecule has 0 spiro atoms. The fraction of sp³-hybridized carbons (Fsp3) is 0.333. The van der Waals surface area contributed by atoms with Gasteiger partial charge in [-0.15, -0.1) is 0 Å². The summed E-state index contributed by atoms with van der Waals surface area (Å²) in [6, 6.07) is 4.75. The molecule has 0 bridgehead atoms. The topological polar surface area (TPSA) is 47.0 Å². The monoisotopic (exact) mass is 327 g/mol. The van der Waals surface area contributed by atoms with E-state index >= 15 is 0 Å². The molecule has 2 aromatic rings. The number of rotatable bonds is 6. The van der Waals surface area contributed by atoms with Crippen LogP contribution in [0.5, 0.6) is 5.75 Å². The lowest BCUT2D eigenvalue weighted by Crippen LogP contribution is -2.08. The number of ether oxygens (including phenoxy) is 1. The summed E-state index contributed by atoms with van der Waals surface area (Å²) in [6.45, 7) is 2.24. The normalized spacial score (nSPS) is 10.8. The molecule has 1 heterocycles. The van der Waals surface area contributed by atoms with E-state index in [9.17, 15) is 8.78 Å². The van der Waals surface area contributed by atoms with Crippen molar-refractivity contribution in [2.24, 2.45) is 0 Å². The van der Waals surface area contributed by atoms with Gasteiger partial charge in [0.15, 0.2) is 0 Å². The summed E-state index contributed by atoms with van der Waals surface area (Å²) in [5, 5.41) is 3.46. The highest BCUT2D eigenvalue weighted by atomic mass is 35.5. The average Bonchev–Trinajstić information content (AvgIpc) is 2.47. The molecule has 118 valence electrons.